The van der Waals surface area contributed by atoms with Crippen molar-refractivity contribution in [3.63, 3.8) is 0 Å². The zero-order valence-corrected chi connectivity index (χ0v) is 17.9. The molecular weight excluding hydrogens is 459 g/mol. The van der Waals surface area contributed by atoms with Crippen LogP contribution in [0.4, 0.5) is 11.4 Å². The minimum absolute atomic E-state index is 0.0535. The van der Waals surface area contributed by atoms with E-state index in [1.165, 1.54) is 12.1 Å². The molecule has 0 heterocycles. The number of nitro groups is 2. The van der Waals surface area contributed by atoms with Crippen molar-refractivity contribution in [2.45, 2.75) is 0 Å². The molecule has 31 heavy (non-hydrogen) atoms. The summed E-state index contributed by atoms with van der Waals surface area (Å²) in [5, 5.41) is 23.1. The fourth-order valence-electron chi connectivity index (χ4n) is 3.40. The number of rotatable bonds is 6. The molecule has 0 aliphatic heterocycles. The first-order valence-corrected chi connectivity index (χ1v) is 11.1. The third kappa shape index (κ3) is 4.23. The Labute approximate surface area is 184 Å². The van der Waals surface area contributed by atoms with Crippen LogP contribution in [-0.2, 0) is 0 Å². The number of nitrogens with zero attached hydrogens (tertiary/aromatic N) is 2. The zero-order chi connectivity index (χ0) is 21.8. The summed E-state index contributed by atoms with van der Waals surface area (Å²) in [4.78, 5) is 22.4. The molecule has 0 unspecified atom stereocenters. The van der Waals surface area contributed by atoms with Crippen LogP contribution in [0.15, 0.2) is 97.1 Å². The van der Waals surface area contributed by atoms with Crippen molar-refractivity contribution in [1.29, 1.82) is 0 Å². The molecule has 0 fully saturated rings. The number of hydrogen-bond donors (Lipinski definition) is 0. The zero-order valence-electron chi connectivity index (χ0n) is 16.2. The average Bonchev–Trinajstić information content (AvgIpc) is 2.80. The van der Waals surface area contributed by atoms with Gasteiger partial charge in [0.15, 0.2) is 0 Å². The van der Waals surface area contributed by atoms with Gasteiger partial charge in [0.05, 0.1) is 0 Å². The molecule has 0 spiro atoms. The van der Waals surface area contributed by atoms with Crippen LogP contribution in [0.1, 0.15) is 0 Å². The Hall–Kier alpha value is -3.80. The fraction of sp³-hybridized carbons (Fsp3) is 0. The standard InChI is InChI=1S/C24H16N2O4Se/c27-25(28)21-13-5-1-9-17(21)19-11-3-7-15-23(19)31-24-16-8-4-12-20(24)18-10-2-6-14-22(18)26(29)30/h1-16H. The van der Waals surface area contributed by atoms with Crippen LogP contribution in [0, 0.1) is 20.2 Å². The van der Waals surface area contributed by atoms with Gasteiger partial charge in [-0.1, -0.05) is 0 Å². The van der Waals surface area contributed by atoms with Gasteiger partial charge in [0.2, 0.25) is 0 Å². The molecule has 4 rings (SSSR count). The quantitative estimate of drug-likeness (QED) is 0.234. The van der Waals surface area contributed by atoms with Gasteiger partial charge in [-0.15, -0.1) is 0 Å². The van der Waals surface area contributed by atoms with E-state index in [0.717, 1.165) is 20.1 Å². The van der Waals surface area contributed by atoms with Crippen molar-refractivity contribution in [3.05, 3.63) is 117 Å². The predicted octanol–water partition coefficient (Wildman–Crippen LogP) is 4.49. The second-order valence-electron chi connectivity index (χ2n) is 6.64. The summed E-state index contributed by atoms with van der Waals surface area (Å²) in [6, 6.07) is 28.6. The summed E-state index contributed by atoms with van der Waals surface area (Å²) in [6.07, 6.45) is 0. The summed E-state index contributed by atoms with van der Waals surface area (Å²) in [5.74, 6) is 0. The average molecular weight is 475 g/mol. The summed E-state index contributed by atoms with van der Waals surface area (Å²) < 4.78 is 1.94. The van der Waals surface area contributed by atoms with Gasteiger partial charge >= 0.3 is 185 Å². The van der Waals surface area contributed by atoms with E-state index in [4.69, 9.17) is 0 Å². The third-order valence-electron chi connectivity index (χ3n) is 4.78. The van der Waals surface area contributed by atoms with Gasteiger partial charge in [0.1, 0.15) is 0 Å². The van der Waals surface area contributed by atoms with Gasteiger partial charge in [-0.25, -0.2) is 0 Å². The van der Waals surface area contributed by atoms with Gasteiger partial charge < -0.3 is 0 Å². The van der Waals surface area contributed by atoms with Crippen molar-refractivity contribution >= 4 is 35.3 Å². The van der Waals surface area contributed by atoms with Gasteiger partial charge in [0, 0.05) is 0 Å². The van der Waals surface area contributed by atoms with Gasteiger partial charge in [-0.2, -0.15) is 0 Å². The van der Waals surface area contributed by atoms with E-state index >= 15 is 0 Å². The third-order valence-corrected chi connectivity index (χ3v) is 7.19. The second kappa shape index (κ2) is 8.91. The maximum absolute atomic E-state index is 11.6. The fourth-order valence-corrected chi connectivity index (χ4v) is 5.72. The maximum atomic E-state index is 11.6. The Kier molecular flexibility index (Phi) is 5.89. The van der Waals surface area contributed by atoms with Crippen LogP contribution in [0.2, 0.25) is 0 Å². The molecular formula is C24H16N2O4Se. The van der Waals surface area contributed by atoms with Crippen LogP contribution < -0.4 is 8.92 Å². The van der Waals surface area contributed by atoms with Crippen LogP contribution >= 0.6 is 0 Å². The summed E-state index contributed by atoms with van der Waals surface area (Å²) in [7, 11) is 0. The van der Waals surface area contributed by atoms with Crippen molar-refractivity contribution < 1.29 is 9.85 Å². The van der Waals surface area contributed by atoms with E-state index in [1.807, 2.05) is 48.5 Å². The second-order valence-corrected chi connectivity index (χ2v) is 8.92. The Balaban J connectivity index is 1.83. The SMILES string of the molecule is O=[N+]([O-])c1ccccc1-c1ccccc1[Se]c1ccccc1-c1ccccc1[N+](=O)[O-]. The molecule has 0 saturated heterocycles. The summed E-state index contributed by atoms with van der Waals surface area (Å²) in [6.45, 7) is 0. The van der Waals surface area contributed by atoms with Crippen LogP contribution in [0.3, 0.4) is 0 Å². The molecule has 0 aliphatic carbocycles. The predicted molar refractivity (Wildman–Crippen MR) is 122 cm³/mol. The molecule has 0 aliphatic rings. The molecule has 6 nitrogen and oxygen atoms in total. The topological polar surface area (TPSA) is 86.3 Å². The van der Waals surface area contributed by atoms with E-state index in [-0.39, 0.29) is 36.2 Å². The molecule has 4 aromatic carbocycles. The first-order valence-electron chi connectivity index (χ1n) is 9.40. The van der Waals surface area contributed by atoms with E-state index in [1.54, 1.807) is 36.4 Å². The molecule has 0 radical (unpaired) electrons. The Morgan fingerprint density at radius 2 is 0.806 bits per heavy atom. The Morgan fingerprint density at radius 3 is 1.19 bits per heavy atom. The van der Waals surface area contributed by atoms with Crippen molar-refractivity contribution in [3.8, 4) is 22.3 Å². The van der Waals surface area contributed by atoms with Crippen LogP contribution in [0.25, 0.3) is 22.3 Å². The van der Waals surface area contributed by atoms with Crippen molar-refractivity contribution in [2.75, 3.05) is 0 Å². The number of nitro benzene ring substituents is 2. The molecule has 0 bridgehead atoms. The molecule has 7 heteroatoms. The normalized spacial score (nSPS) is 10.6. The molecule has 0 N–H and O–H groups in total. The minimum atomic E-state index is -0.375. The number of benzene rings is 4. The van der Waals surface area contributed by atoms with Gasteiger partial charge in [-0.05, 0) is 0 Å². The first-order chi connectivity index (χ1) is 15.1. The Morgan fingerprint density at radius 1 is 0.484 bits per heavy atom. The summed E-state index contributed by atoms with van der Waals surface area (Å²) in [5.41, 5.74) is 2.83. The van der Waals surface area contributed by atoms with E-state index in [2.05, 4.69) is 0 Å². The van der Waals surface area contributed by atoms with Gasteiger partial charge in [-0.3, -0.25) is 0 Å². The van der Waals surface area contributed by atoms with Crippen LogP contribution in [0.5, 0.6) is 0 Å². The van der Waals surface area contributed by atoms with E-state index in [0.29, 0.717) is 11.1 Å². The molecule has 0 atom stereocenters. The Bertz CT molecular complexity index is 1190. The molecule has 0 saturated carbocycles. The molecule has 4 aromatic rings. The van der Waals surface area contributed by atoms with Gasteiger partial charge in [0.25, 0.3) is 0 Å². The van der Waals surface area contributed by atoms with Crippen molar-refractivity contribution in [2.24, 2.45) is 0 Å². The van der Waals surface area contributed by atoms with E-state index in [9.17, 15) is 20.2 Å². The van der Waals surface area contributed by atoms with Crippen LogP contribution in [-0.4, -0.2) is 24.8 Å². The molecule has 0 amide bonds. The van der Waals surface area contributed by atoms with E-state index < -0.39 is 0 Å². The van der Waals surface area contributed by atoms with Crippen molar-refractivity contribution in [1.82, 2.24) is 0 Å². The molecule has 0 aromatic heterocycles. The monoisotopic (exact) mass is 476 g/mol. The number of hydrogen-bond acceptors (Lipinski definition) is 4. The number of para-hydroxylation sites is 2. The summed E-state index contributed by atoms with van der Waals surface area (Å²) >= 11 is -0.236. The molecule has 152 valence electrons. The first kappa shape index (κ1) is 20.5.